The van der Waals surface area contributed by atoms with Crippen molar-refractivity contribution < 1.29 is 5.11 Å². The minimum Gasteiger partial charge on any atom is -0.395 e. The van der Waals surface area contributed by atoms with E-state index in [9.17, 15) is 5.11 Å². The van der Waals surface area contributed by atoms with Crippen LogP contribution in [0.5, 0.6) is 0 Å². The number of likely N-dealkylation sites (tertiary alicyclic amines) is 1. The smallest absolute Gasteiger partial charge is 0.0585 e. The number of aliphatic hydroxyl groups excluding tert-OH is 1. The van der Waals surface area contributed by atoms with Crippen LogP contribution >= 0.6 is 0 Å². The number of rotatable bonds is 8. The molecule has 0 saturated carbocycles. The fourth-order valence-corrected chi connectivity index (χ4v) is 2.98. The first kappa shape index (κ1) is 15.5. The van der Waals surface area contributed by atoms with Crippen LogP contribution in [0.3, 0.4) is 0 Å². The molecule has 0 bridgehead atoms. The Kier molecular flexibility index (Phi) is 6.51. The van der Waals surface area contributed by atoms with Crippen molar-refractivity contribution in [2.75, 3.05) is 32.8 Å². The summed E-state index contributed by atoms with van der Waals surface area (Å²) in [6.07, 6.45) is 3.42. The average molecular weight is 276 g/mol. The molecule has 112 valence electrons. The fraction of sp³-hybridized carbons (Fsp3) is 0.647. The molecule has 3 nitrogen and oxygen atoms in total. The molecule has 2 rings (SSSR count). The van der Waals surface area contributed by atoms with Crippen LogP contribution in [-0.2, 0) is 0 Å². The van der Waals surface area contributed by atoms with Crippen molar-refractivity contribution in [3.8, 4) is 0 Å². The third-order valence-electron chi connectivity index (χ3n) is 4.24. The molecule has 1 fully saturated rings. The number of hydrogen-bond acceptors (Lipinski definition) is 3. The van der Waals surface area contributed by atoms with Gasteiger partial charge in [0.1, 0.15) is 0 Å². The topological polar surface area (TPSA) is 35.5 Å². The van der Waals surface area contributed by atoms with Gasteiger partial charge >= 0.3 is 0 Å². The highest BCUT2D eigenvalue weighted by atomic mass is 16.3. The second-order valence-corrected chi connectivity index (χ2v) is 5.82. The van der Waals surface area contributed by atoms with Crippen LogP contribution in [0, 0.1) is 0 Å². The van der Waals surface area contributed by atoms with Gasteiger partial charge in [-0.15, -0.1) is 0 Å². The van der Waals surface area contributed by atoms with E-state index in [1.54, 1.807) is 0 Å². The first-order valence-corrected chi connectivity index (χ1v) is 7.95. The quantitative estimate of drug-likeness (QED) is 0.764. The van der Waals surface area contributed by atoms with Crippen LogP contribution < -0.4 is 5.32 Å². The maximum absolute atomic E-state index is 9.38. The van der Waals surface area contributed by atoms with E-state index in [-0.39, 0.29) is 12.6 Å². The summed E-state index contributed by atoms with van der Waals surface area (Å²) in [7, 11) is 0. The lowest BCUT2D eigenvalue weighted by molar-refractivity contribution is 0.217. The van der Waals surface area contributed by atoms with Crippen LogP contribution in [0.15, 0.2) is 30.3 Å². The molecule has 0 aromatic heterocycles. The van der Waals surface area contributed by atoms with E-state index in [4.69, 9.17) is 0 Å². The largest absolute Gasteiger partial charge is 0.395 e. The molecule has 3 heteroatoms. The number of nitrogens with zero attached hydrogens (tertiary/aromatic N) is 1. The molecular weight excluding hydrogens is 248 g/mol. The number of benzene rings is 1. The average Bonchev–Trinajstić information content (AvgIpc) is 2.97. The second-order valence-electron chi connectivity index (χ2n) is 5.82. The Balaban J connectivity index is 1.73. The molecular formula is C17H28N2O. The molecule has 20 heavy (non-hydrogen) atoms. The second kappa shape index (κ2) is 8.40. The molecule has 0 amide bonds. The Bertz CT molecular complexity index is 369. The van der Waals surface area contributed by atoms with E-state index in [0.29, 0.717) is 5.92 Å². The summed E-state index contributed by atoms with van der Waals surface area (Å²) in [6.45, 7) is 6.84. The van der Waals surface area contributed by atoms with E-state index in [0.717, 1.165) is 32.5 Å². The summed E-state index contributed by atoms with van der Waals surface area (Å²) < 4.78 is 0. The molecule has 2 N–H and O–H groups in total. The van der Waals surface area contributed by atoms with Crippen LogP contribution in [0.4, 0.5) is 0 Å². The van der Waals surface area contributed by atoms with Gasteiger partial charge in [-0.05, 0) is 50.4 Å². The van der Waals surface area contributed by atoms with Crippen LogP contribution in [0.1, 0.15) is 37.7 Å². The standard InChI is InChI=1S/C17H28N2O/c1-2-10-18-17(14-20)9-12-19-11-8-16(13-19)15-6-4-3-5-7-15/h3-7,16-18,20H,2,8-14H2,1H3. The zero-order chi connectivity index (χ0) is 14.2. The Hall–Kier alpha value is -0.900. The lowest BCUT2D eigenvalue weighted by Crippen LogP contribution is -2.36. The molecule has 2 atom stereocenters. The maximum atomic E-state index is 9.38. The molecule has 1 aromatic rings. The van der Waals surface area contributed by atoms with Crippen LogP contribution in [0.25, 0.3) is 0 Å². The van der Waals surface area contributed by atoms with Gasteiger partial charge in [-0.1, -0.05) is 37.3 Å². The highest BCUT2D eigenvalue weighted by Crippen LogP contribution is 2.26. The summed E-state index contributed by atoms with van der Waals surface area (Å²) in [6, 6.07) is 11.1. The molecule has 0 aliphatic carbocycles. The van der Waals surface area contributed by atoms with E-state index >= 15 is 0 Å². The highest BCUT2D eigenvalue weighted by molar-refractivity contribution is 5.20. The van der Waals surface area contributed by atoms with E-state index in [1.807, 2.05) is 0 Å². The first-order valence-electron chi connectivity index (χ1n) is 7.95. The molecule has 1 aliphatic rings. The molecule has 1 aliphatic heterocycles. The molecule has 2 unspecified atom stereocenters. The van der Waals surface area contributed by atoms with E-state index in [1.165, 1.54) is 18.5 Å². The summed E-state index contributed by atoms with van der Waals surface area (Å²) >= 11 is 0. The van der Waals surface area contributed by atoms with Crippen molar-refractivity contribution >= 4 is 0 Å². The number of aliphatic hydroxyl groups is 1. The Labute approximate surface area is 123 Å². The van der Waals surface area contributed by atoms with Crippen LogP contribution in [0.2, 0.25) is 0 Å². The monoisotopic (exact) mass is 276 g/mol. The highest BCUT2D eigenvalue weighted by Gasteiger charge is 2.23. The Morgan fingerprint density at radius 2 is 2.15 bits per heavy atom. The van der Waals surface area contributed by atoms with Gasteiger partial charge in [0, 0.05) is 12.6 Å². The van der Waals surface area contributed by atoms with Crippen molar-refractivity contribution in [1.82, 2.24) is 10.2 Å². The van der Waals surface area contributed by atoms with Crippen molar-refractivity contribution in [2.24, 2.45) is 0 Å². The maximum Gasteiger partial charge on any atom is 0.0585 e. The van der Waals surface area contributed by atoms with Gasteiger partial charge in [0.05, 0.1) is 6.61 Å². The number of nitrogens with one attached hydrogen (secondary N) is 1. The summed E-state index contributed by atoms with van der Waals surface area (Å²) in [5.74, 6) is 0.687. The normalized spacial score (nSPS) is 21.2. The van der Waals surface area contributed by atoms with Gasteiger partial charge in [-0.2, -0.15) is 0 Å². The van der Waals surface area contributed by atoms with Crippen molar-refractivity contribution in [3.63, 3.8) is 0 Å². The third-order valence-corrected chi connectivity index (χ3v) is 4.24. The minimum atomic E-state index is 0.246. The van der Waals surface area contributed by atoms with E-state index < -0.39 is 0 Å². The van der Waals surface area contributed by atoms with Gasteiger partial charge in [0.15, 0.2) is 0 Å². The Morgan fingerprint density at radius 1 is 1.35 bits per heavy atom. The van der Waals surface area contributed by atoms with Gasteiger partial charge in [0.25, 0.3) is 0 Å². The zero-order valence-corrected chi connectivity index (χ0v) is 12.6. The van der Waals surface area contributed by atoms with Crippen LogP contribution in [-0.4, -0.2) is 48.8 Å². The predicted octanol–water partition coefficient (Wildman–Crippen LogP) is 2.23. The first-order chi connectivity index (χ1) is 9.83. The fourth-order valence-electron chi connectivity index (χ4n) is 2.98. The summed E-state index contributed by atoms with van der Waals surface area (Å²) in [4.78, 5) is 2.54. The molecule has 1 heterocycles. The van der Waals surface area contributed by atoms with Crippen molar-refractivity contribution in [1.29, 1.82) is 0 Å². The van der Waals surface area contributed by atoms with Gasteiger partial charge < -0.3 is 15.3 Å². The summed E-state index contributed by atoms with van der Waals surface area (Å²) in [5, 5.41) is 12.8. The lowest BCUT2D eigenvalue weighted by Gasteiger charge is -2.21. The zero-order valence-electron chi connectivity index (χ0n) is 12.6. The van der Waals surface area contributed by atoms with E-state index in [2.05, 4.69) is 47.5 Å². The SMILES string of the molecule is CCCNC(CO)CCN1CCC(c2ccccc2)C1. The van der Waals surface area contributed by atoms with Crippen molar-refractivity contribution in [3.05, 3.63) is 35.9 Å². The van der Waals surface area contributed by atoms with Crippen molar-refractivity contribution in [2.45, 2.75) is 38.1 Å². The molecule has 1 aromatic carbocycles. The minimum absolute atomic E-state index is 0.246. The molecule has 1 saturated heterocycles. The number of hydrogen-bond donors (Lipinski definition) is 2. The Morgan fingerprint density at radius 3 is 2.85 bits per heavy atom. The molecule has 0 radical (unpaired) electrons. The van der Waals surface area contributed by atoms with Gasteiger partial charge in [-0.3, -0.25) is 0 Å². The summed E-state index contributed by atoms with van der Waals surface area (Å²) in [5.41, 5.74) is 1.47. The predicted molar refractivity (Wildman–Crippen MR) is 84.0 cm³/mol. The van der Waals surface area contributed by atoms with Gasteiger partial charge in [-0.25, -0.2) is 0 Å². The lowest BCUT2D eigenvalue weighted by atomic mass is 9.99. The van der Waals surface area contributed by atoms with Gasteiger partial charge in [0.2, 0.25) is 0 Å². The third kappa shape index (κ3) is 4.58. The molecule has 0 spiro atoms.